The largest absolute Gasteiger partial charge is 0.463 e. The van der Waals surface area contributed by atoms with E-state index in [0.717, 1.165) is 90.0 Å². The zero-order valence-corrected chi connectivity index (χ0v) is 48.3. The van der Waals surface area contributed by atoms with Crippen molar-refractivity contribution < 1.29 is 157 Å². The van der Waals surface area contributed by atoms with Gasteiger partial charge in [0.15, 0.2) is 80.1 Å². The van der Waals surface area contributed by atoms with Crippen LogP contribution in [0.15, 0.2) is 0 Å². The van der Waals surface area contributed by atoms with Crippen molar-refractivity contribution in [1.82, 2.24) is 0 Å². The van der Waals surface area contributed by atoms with Gasteiger partial charge in [-0.15, -0.1) is 0 Å². The average molecular weight is 1220 g/mol. The number of nitrogens with zero attached hydrogens (tertiary/aromatic N) is 1. The van der Waals surface area contributed by atoms with Crippen LogP contribution in [0.5, 0.6) is 0 Å². The summed E-state index contributed by atoms with van der Waals surface area (Å²) in [5.74, 6) is -14.1. The molecule has 34 heteroatoms. The number of esters is 12. The first-order valence-corrected chi connectivity index (χ1v) is 26.1. The molecule has 21 atom stereocenters. The molecule has 474 valence electrons. The van der Waals surface area contributed by atoms with Gasteiger partial charge in [-0.2, -0.15) is 5.26 Å². The van der Waals surface area contributed by atoms with E-state index in [1.165, 1.54) is 0 Å². The second-order valence-electron chi connectivity index (χ2n) is 19.5. The van der Waals surface area contributed by atoms with Crippen LogP contribution < -0.4 is 0 Å². The molecule has 0 saturated carbocycles. The molecule has 0 aliphatic carbocycles. The molecule has 0 radical (unpaired) electrons. The Bertz CT molecular complexity index is 2530. The number of rotatable bonds is 22. The molecule has 5 aliphatic heterocycles. The molecule has 0 aromatic rings. The molecule has 0 unspecified atom stereocenters. The zero-order chi connectivity index (χ0) is 63.4. The Morgan fingerprint density at radius 3 is 0.941 bits per heavy atom. The van der Waals surface area contributed by atoms with Gasteiger partial charge in [0.1, 0.15) is 68.6 Å². The highest BCUT2D eigenvalue weighted by Gasteiger charge is 2.63. The highest BCUT2D eigenvalue weighted by Crippen LogP contribution is 2.43. The molecule has 5 rings (SSSR count). The Labute approximate surface area is 484 Å². The molecule has 34 nitrogen and oxygen atoms in total. The van der Waals surface area contributed by atoms with Crippen molar-refractivity contribution in [2.75, 3.05) is 26.4 Å². The van der Waals surface area contributed by atoms with Crippen LogP contribution in [-0.4, -0.2) is 227 Å². The van der Waals surface area contributed by atoms with E-state index >= 15 is 0 Å². The van der Waals surface area contributed by atoms with E-state index in [9.17, 15) is 62.8 Å². The van der Waals surface area contributed by atoms with Gasteiger partial charge in [0.2, 0.25) is 0 Å². The minimum Gasteiger partial charge on any atom is -0.463 e. The molecule has 0 N–H and O–H groups in total. The predicted octanol–water partition coefficient (Wildman–Crippen LogP) is -1.60. The average Bonchev–Trinajstić information content (AvgIpc) is 2.18. The van der Waals surface area contributed by atoms with Crippen LogP contribution in [0.25, 0.3) is 0 Å². The monoisotopic (exact) mass is 1220 g/mol. The van der Waals surface area contributed by atoms with Gasteiger partial charge < -0.3 is 99.5 Å². The summed E-state index contributed by atoms with van der Waals surface area (Å²) in [6.07, 6.45) is -37.1. The molecule has 5 saturated heterocycles. The zero-order valence-electron chi connectivity index (χ0n) is 48.3. The molecule has 0 spiro atoms. The van der Waals surface area contributed by atoms with Crippen molar-refractivity contribution in [3.8, 4) is 6.07 Å². The lowest BCUT2D eigenvalue weighted by atomic mass is 9.95. The Kier molecular flexibility index (Phi) is 24.4. The number of hydrogen-bond donors (Lipinski definition) is 0. The topological polar surface area (TPSA) is 422 Å². The fraction of sp³-hybridized carbons (Fsp3) is 0.745. The van der Waals surface area contributed by atoms with E-state index in [-0.39, 0.29) is 0 Å². The van der Waals surface area contributed by atoms with E-state index < -0.39 is 227 Å². The molecule has 0 bridgehead atoms. The van der Waals surface area contributed by atoms with Gasteiger partial charge in [-0.3, -0.25) is 57.5 Å². The fourth-order valence-electron chi connectivity index (χ4n) is 9.53. The number of hydrogen-bond acceptors (Lipinski definition) is 34. The number of carbonyl (C=O) groups is 12. The summed E-state index contributed by atoms with van der Waals surface area (Å²) >= 11 is 0. The van der Waals surface area contributed by atoms with Gasteiger partial charge in [-0.05, 0) is 0 Å². The predicted molar refractivity (Wildman–Crippen MR) is 260 cm³/mol. The summed E-state index contributed by atoms with van der Waals surface area (Å²) < 4.78 is 123. The highest BCUT2D eigenvalue weighted by atomic mass is 16.9. The summed E-state index contributed by atoms with van der Waals surface area (Å²) in [5.41, 5.74) is 0. The molecule has 5 heterocycles. The number of nitriles is 1. The summed E-state index contributed by atoms with van der Waals surface area (Å²) in [5, 5.41) is 10.4. The second-order valence-corrected chi connectivity index (χ2v) is 19.5. The van der Waals surface area contributed by atoms with Gasteiger partial charge in [0, 0.05) is 90.0 Å². The maximum atomic E-state index is 13.1. The number of ether oxygens (including phenoxy) is 21. The van der Waals surface area contributed by atoms with Gasteiger partial charge in [0.25, 0.3) is 5.79 Å². The summed E-state index contributed by atoms with van der Waals surface area (Å²) in [6.45, 7) is 9.62. The maximum absolute atomic E-state index is 13.1. The number of fused-ring (bicyclic) bond motifs is 1. The van der Waals surface area contributed by atoms with Crippen LogP contribution in [0.3, 0.4) is 0 Å². The molecule has 0 aromatic heterocycles. The molecule has 0 amide bonds. The van der Waals surface area contributed by atoms with E-state index in [4.69, 9.17) is 99.5 Å². The second kappa shape index (κ2) is 30.2. The van der Waals surface area contributed by atoms with Crippen molar-refractivity contribution >= 4 is 71.6 Å². The maximum Gasteiger partial charge on any atom is 0.303 e. The third-order valence-corrected chi connectivity index (χ3v) is 12.3. The van der Waals surface area contributed by atoms with Crippen molar-refractivity contribution in [3.05, 3.63) is 0 Å². The SMILES string of the molecule is CC(=O)OC[C@H]1O[C@H](OC[C@H]2O[C@H]3O[C@](C)(C#N)O[C@H]3[C@@H](O[C@H]3O[C@H](COC(C)=O)[C@@H](OC(C)=O)[C@H](OC(C)=O)[C@@H]3OC(C)=O)[C@@H]2O[C@H]2O[C@H](COC(C)=O)[C@@H](OC(C)=O)[C@H](OC(C)=O)[C@@H]2OC(C)=O)[C@@H](OC(C)=O)[C@@H](OC(C)=O)[C@@H]1OC(C)=O. The lowest BCUT2D eigenvalue weighted by Crippen LogP contribution is -2.68. The van der Waals surface area contributed by atoms with E-state index in [0.29, 0.717) is 0 Å². The van der Waals surface area contributed by atoms with Crippen LogP contribution in [0.4, 0.5) is 0 Å². The molecule has 5 fully saturated rings. The fourth-order valence-corrected chi connectivity index (χ4v) is 9.53. The summed E-state index contributed by atoms with van der Waals surface area (Å²) in [6, 6.07) is 1.82. The smallest absolute Gasteiger partial charge is 0.303 e. The normalized spacial score (nSPS) is 34.8. The Hall–Kier alpha value is -7.23. The van der Waals surface area contributed by atoms with Gasteiger partial charge in [0.05, 0.1) is 6.61 Å². The summed E-state index contributed by atoms with van der Waals surface area (Å²) in [7, 11) is 0. The van der Waals surface area contributed by atoms with Crippen LogP contribution in [0, 0.1) is 11.3 Å². The molecule has 0 aromatic carbocycles. The van der Waals surface area contributed by atoms with E-state index in [1.54, 1.807) is 0 Å². The molecular weight excluding hydrogens is 1150 g/mol. The minimum atomic E-state index is -2.26. The van der Waals surface area contributed by atoms with Gasteiger partial charge in [-0.1, -0.05) is 0 Å². The van der Waals surface area contributed by atoms with Crippen molar-refractivity contribution in [3.63, 3.8) is 0 Å². The third kappa shape index (κ3) is 19.1. The first kappa shape index (κ1) is 68.5. The minimum absolute atomic E-state index is 0.708. The number of carbonyl (C=O) groups excluding carboxylic acids is 12. The molecule has 5 aliphatic rings. The van der Waals surface area contributed by atoms with Crippen LogP contribution in [-0.2, 0) is 157 Å². The van der Waals surface area contributed by atoms with Crippen LogP contribution in [0.1, 0.15) is 90.0 Å². The lowest BCUT2D eigenvalue weighted by Gasteiger charge is -2.50. The van der Waals surface area contributed by atoms with E-state index in [2.05, 4.69) is 0 Å². The highest BCUT2D eigenvalue weighted by molar-refractivity contribution is 5.71. The first-order valence-electron chi connectivity index (χ1n) is 26.1. The summed E-state index contributed by atoms with van der Waals surface area (Å²) in [4.78, 5) is 152. The van der Waals surface area contributed by atoms with Crippen molar-refractivity contribution in [1.29, 1.82) is 5.26 Å². The van der Waals surface area contributed by atoms with Gasteiger partial charge in [-0.25, -0.2) is 0 Å². The lowest BCUT2D eigenvalue weighted by molar-refractivity contribution is -0.379. The quantitative estimate of drug-likeness (QED) is 0.0870. The van der Waals surface area contributed by atoms with Crippen LogP contribution in [0.2, 0.25) is 0 Å². The standard InChI is InChI=1S/C51H67NO33/c1-19(53)65-14-31-35(69-22(4)56)39(72-25(7)59)43(75-28(10)62)47(78-31)68-17-34-38(82-48-44(76-29(11)63)40(73-26(8)60)36(70-23(5)57)32(79-48)15-66-20(2)54)42(46-50(81-34)85-51(13,18-52)84-46)83-49-45(77-30(12)64)41(74-27(9)61)37(71-24(6)58)33(80-49)16-67-21(3)55/h31-50H,14-17H2,1-13H3/t31-,32-,33-,34-,35-,36-,37-,38-,39+,40+,41+,42+,43+,44+,45+,46+,47+,48-,49-,50+,51-/m1/s1. The van der Waals surface area contributed by atoms with Crippen molar-refractivity contribution in [2.45, 2.75) is 219 Å². The first-order chi connectivity index (χ1) is 39.8. The Balaban J connectivity index is 1.79. The Morgan fingerprint density at radius 1 is 0.341 bits per heavy atom. The molecule has 85 heavy (non-hydrogen) atoms. The van der Waals surface area contributed by atoms with E-state index in [1.807, 2.05) is 6.07 Å². The van der Waals surface area contributed by atoms with Gasteiger partial charge >= 0.3 is 71.6 Å². The molecular formula is C51H67NO33. The van der Waals surface area contributed by atoms with Crippen molar-refractivity contribution in [2.24, 2.45) is 0 Å². The third-order valence-electron chi connectivity index (χ3n) is 12.3. The Morgan fingerprint density at radius 2 is 0.624 bits per heavy atom. The van der Waals surface area contributed by atoms with Crippen LogP contribution >= 0.6 is 0 Å².